The molecular weight excluding hydrogens is 1050 g/mol. The Morgan fingerprint density at radius 3 is 2.01 bits per heavy atom. The van der Waals surface area contributed by atoms with Gasteiger partial charge >= 0.3 is 27.4 Å². The molecule has 0 aliphatic carbocycles. The third kappa shape index (κ3) is 16.1. The van der Waals surface area contributed by atoms with Gasteiger partial charge in [0.1, 0.15) is 17.0 Å². The summed E-state index contributed by atoms with van der Waals surface area (Å²) in [7, 11) is -7.72. The SMILES string of the molecule is C=CCCCCOc1c(N2CCN(S(=O)(=O)N(CCC=C)C(=O)OC(C)(C)C)CC2)cnn(-c2cccc(Cl)c2)c1=O.O=c1c2c(cnn1-c1cccc(Cl)c1)N1CCN(CC1)S(=O)(=O)NCC/C=C/CCCCO2. The molecule has 2 saturated heterocycles. The molecule has 1 amide bonds. The Kier molecular flexibility index (Phi) is 21.3. The van der Waals surface area contributed by atoms with Gasteiger partial charge in [-0.15, -0.1) is 13.2 Å². The first-order valence-electron chi connectivity index (χ1n) is 25.0. The van der Waals surface area contributed by atoms with Crippen LogP contribution >= 0.6 is 23.2 Å². The van der Waals surface area contributed by atoms with Crippen molar-refractivity contribution < 1.29 is 35.8 Å². The first-order valence-corrected chi connectivity index (χ1v) is 28.6. The summed E-state index contributed by atoms with van der Waals surface area (Å²) in [5.74, 6) is 0.348. The van der Waals surface area contributed by atoms with Crippen LogP contribution in [0.1, 0.15) is 72.1 Å². The van der Waals surface area contributed by atoms with Crippen molar-refractivity contribution >= 4 is 61.1 Å². The molecule has 4 aromatic rings. The lowest BCUT2D eigenvalue weighted by Crippen LogP contribution is -2.55. The fourth-order valence-corrected chi connectivity index (χ4v) is 11.2. The second kappa shape index (κ2) is 27.3. The molecule has 4 aliphatic heterocycles. The van der Waals surface area contributed by atoms with Crippen molar-refractivity contribution in [1.29, 1.82) is 0 Å². The van der Waals surface area contributed by atoms with Crippen molar-refractivity contribution in [3.05, 3.63) is 129 Å². The summed E-state index contributed by atoms with van der Waals surface area (Å²) in [6.07, 6.45) is 15.5. The summed E-state index contributed by atoms with van der Waals surface area (Å²) in [5, 5.41) is 9.69. The molecule has 0 radical (unpaired) electrons. The quantitative estimate of drug-likeness (QED) is 0.0982. The summed E-state index contributed by atoms with van der Waals surface area (Å²) < 4.78 is 78.3. The Hall–Kier alpha value is -5.75. The molecule has 0 saturated carbocycles. The van der Waals surface area contributed by atoms with E-state index in [1.807, 2.05) is 28.0 Å². The zero-order valence-electron chi connectivity index (χ0n) is 42.8. The molecule has 20 nitrogen and oxygen atoms in total. The summed E-state index contributed by atoms with van der Waals surface area (Å²) in [5.41, 5.74) is 0.404. The molecule has 2 bridgehead atoms. The number of fused-ring (bicyclic) bond motifs is 11. The lowest BCUT2D eigenvalue weighted by atomic mass is 10.2. The number of aromatic nitrogens is 4. The number of rotatable bonds is 14. The maximum atomic E-state index is 13.6. The Labute approximate surface area is 450 Å². The minimum atomic E-state index is -4.18. The summed E-state index contributed by atoms with van der Waals surface area (Å²) in [6, 6.07) is 13.7. The number of anilines is 2. The van der Waals surface area contributed by atoms with Crippen molar-refractivity contribution in [2.75, 3.05) is 88.5 Å². The highest BCUT2D eigenvalue weighted by Gasteiger charge is 2.38. The Balaban J connectivity index is 0.000000250. The van der Waals surface area contributed by atoms with E-state index in [0.29, 0.717) is 85.2 Å². The van der Waals surface area contributed by atoms with Gasteiger partial charge < -0.3 is 24.0 Å². The van der Waals surface area contributed by atoms with Crippen LogP contribution < -0.4 is 35.1 Å². The molecule has 2 aromatic heterocycles. The van der Waals surface area contributed by atoms with E-state index in [2.05, 4.69) is 28.1 Å². The highest BCUT2D eigenvalue weighted by molar-refractivity contribution is 7.87. The van der Waals surface area contributed by atoms with Gasteiger partial charge in [-0.05, 0) is 109 Å². The number of nitrogens with zero attached hydrogens (tertiary/aromatic N) is 9. The maximum absolute atomic E-state index is 13.6. The zero-order valence-corrected chi connectivity index (χ0v) is 46.0. The standard InChI is InChI=1S/C29H40ClN5O6S.C22H28ClN5O4S/c1-6-8-10-11-20-40-26-25(22-31-35(27(26)36)24-14-12-13-23(30)21-24)32-16-18-33(19-17-32)42(38,39)34(15-9-7-2)28(37)41-29(3,4)5;23-18-8-7-9-19(16-18)28-22(29)21-20(17-24-28)26-11-13-27(14-12-26)33(30,31)25-10-5-3-1-2-4-6-15-32-21/h6-7,12-14,21-22H,1-2,8-11,15-20H2,3-5H3;1,3,7-9,16-17,25H,2,4-6,10-15H2/b;3-1+. The molecular formula is C51H68Cl2N10O10S2. The van der Waals surface area contributed by atoms with Crippen LogP contribution in [-0.4, -0.2) is 140 Å². The van der Waals surface area contributed by atoms with Gasteiger partial charge in [-0.3, -0.25) is 9.59 Å². The van der Waals surface area contributed by atoms with Crippen molar-refractivity contribution in [2.45, 2.75) is 77.7 Å². The van der Waals surface area contributed by atoms with E-state index >= 15 is 0 Å². The van der Waals surface area contributed by atoms with Gasteiger partial charge in [0.05, 0.1) is 37.0 Å². The predicted molar refractivity (Wildman–Crippen MR) is 294 cm³/mol. The normalized spacial score (nSPS) is 17.3. The average Bonchev–Trinajstić information content (AvgIpc) is 3.37. The van der Waals surface area contributed by atoms with Crippen LogP contribution in [-0.2, 0) is 25.2 Å². The third-order valence-corrected chi connectivity index (χ3v) is 16.0. The largest absolute Gasteiger partial charge is 0.486 e. The third-order valence-electron chi connectivity index (χ3n) is 12.0. The second-order valence-corrected chi connectivity index (χ2v) is 23.1. The molecule has 4 aliphatic rings. The summed E-state index contributed by atoms with van der Waals surface area (Å²) in [4.78, 5) is 43.6. The van der Waals surface area contributed by atoms with Gasteiger partial charge in [-0.25, -0.2) is 9.52 Å². The van der Waals surface area contributed by atoms with Crippen molar-refractivity contribution in [2.24, 2.45) is 0 Å². The molecule has 24 heteroatoms. The van der Waals surface area contributed by atoms with Gasteiger partial charge in [0.2, 0.25) is 11.5 Å². The number of carbonyl (C=O) groups is 1. The van der Waals surface area contributed by atoms with Crippen molar-refractivity contribution in [1.82, 2.24) is 37.2 Å². The molecule has 8 rings (SSSR count). The highest BCUT2D eigenvalue weighted by Crippen LogP contribution is 2.29. The number of amides is 1. The van der Waals surface area contributed by atoms with E-state index < -0.39 is 37.7 Å². The predicted octanol–water partition coefficient (Wildman–Crippen LogP) is 7.15. The number of halogens is 2. The molecule has 2 aromatic carbocycles. The smallest absolute Gasteiger partial charge is 0.425 e. The summed E-state index contributed by atoms with van der Waals surface area (Å²) in [6.45, 7) is 15.5. The number of nitrogens with one attached hydrogen (secondary N) is 1. The molecule has 0 unspecified atom stereocenters. The van der Waals surface area contributed by atoms with Gasteiger partial charge in [-0.2, -0.15) is 49.3 Å². The average molecular weight is 1120 g/mol. The molecule has 0 spiro atoms. The van der Waals surface area contributed by atoms with Crippen LogP contribution in [0.2, 0.25) is 10.0 Å². The Morgan fingerprint density at radius 1 is 0.813 bits per heavy atom. The fourth-order valence-electron chi connectivity index (χ4n) is 8.16. The Bertz CT molecular complexity index is 2970. The van der Waals surface area contributed by atoms with Crippen LogP contribution in [0, 0.1) is 0 Å². The number of ether oxygens (including phenoxy) is 3. The van der Waals surface area contributed by atoms with E-state index in [9.17, 15) is 31.2 Å². The number of hydrogen-bond acceptors (Lipinski definition) is 14. The number of benzene rings is 2. The van der Waals surface area contributed by atoms with E-state index in [1.54, 1.807) is 87.8 Å². The van der Waals surface area contributed by atoms with Crippen molar-refractivity contribution in [3.8, 4) is 22.9 Å². The number of unbranched alkanes of at least 4 members (excludes halogenated alkanes) is 2. The molecule has 2 fully saturated rings. The second-order valence-electron chi connectivity index (χ2n) is 18.7. The van der Waals surface area contributed by atoms with Crippen LogP contribution in [0.5, 0.6) is 11.5 Å². The molecule has 1 N–H and O–H groups in total. The minimum Gasteiger partial charge on any atom is -0.486 e. The number of allylic oxidation sites excluding steroid dienone is 2. The maximum Gasteiger partial charge on any atom is 0.425 e. The lowest BCUT2D eigenvalue weighted by Gasteiger charge is -2.38. The van der Waals surface area contributed by atoms with E-state index in [1.165, 1.54) is 18.0 Å². The molecule has 6 heterocycles. The van der Waals surface area contributed by atoms with Gasteiger partial charge in [-0.1, -0.05) is 59.6 Å². The van der Waals surface area contributed by atoms with Gasteiger partial charge in [0, 0.05) is 75.5 Å². The van der Waals surface area contributed by atoms with Crippen LogP contribution in [0.4, 0.5) is 16.2 Å². The fraction of sp³-hybridized carbons (Fsp3) is 0.471. The molecule has 0 atom stereocenters. The molecule has 408 valence electrons. The first-order chi connectivity index (χ1) is 35.8. The first kappa shape index (κ1) is 58.5. The number of carbonyl (C=O) groups excluding carboxylic acids is 1. The topological polar surface area (TPSA) is 211 Å². The number of piperazine rings is 2. The van der Waals surface area contributed by atoms with E-state index in [-0.39, 0.29) is 56.2 Å². The van der Waals surface area contributed by atoms with Gasteiger partial charge in [0.15, 0.2) is 0 Å². The minimum absolute atomic E-state index is 0.0753. The van der Waals surface area contributed by atoms with Crippen LogP contribution in [0.15, 0.2) is 108 Å². The van der Waals surface area contributed by atoms with Crippen molar-refractivity contribution in [3.63, 3.8) is 0 Å². The molecule has 75 heavy (non-hydrogen) atoms. The van der Waals surface area contributed by atoms with E-state index in [4.69, 9.17) is 37.4 Å². The zero-order chi connectivity index (χ0) is 54.2. The van der Waals surface area contributed by atoms with E-state index in [0.717, 1.165) is 42.8 Å². The lowest BCUT2D eigenvalue weighted by molar-refractivity contribution is 0.0383. The van der Waals surface area contributed by atoms with Crippen LogP contribution in [0.25, 0.3) is 11.4 Å². The highest BCUT2D eigenvalue weighted by atomic mass is 35.5. The van der Waals surface area contributed by atoms with Crippen LogP contribution in [0.3, 0.4) is 0 Å². The summed E-state index contributed by atoms with van der Waals surface area (Å²) >= 11 is 12.2. The number of hydrogen-bond donors (Lipinski definition) is 1. The Morgan fingerprint density at radius 2 is 1.40 bits per heavy atom. The van der Waals surface area contributed by atoms with Gasteiger partial charge in [0.25, 0.3) is 10.2 Å². The monoisotopic (exact) mass is 1110 g/mol.